The molecule has 6 aromatic rings. The van der Waals surface area contributed by atoms with E-state index in [0.29, 0.717) is 44.2 Å². The van der Waals surface area contributed by atoms with Gasteiger partial charge in [0, 0.05) is 54.0 Å². The van der Waals surface area contributed by atoms with Gasteiger partial charge in [-0.25, -0.2) is 41.3 Å². The lowest BCUT2D eigenvalue weighted by Crippen LogP contribution is -2.34. The molecule has 0 aromatic carbocycles. The van der Waals surface area contributed by atoms with Crippen LogP contribution in [0, 0.1) is 0 Å². The van der Waals surface area contributed by atoms with Crippen LogP contribution in [0.2, 0.25) is 5.15 Å². The Hall–Kier alpha value is -3.32. The second kappa shape index (κ2) is 11.5. The zero-order chi connectivity index (χ0) is 31.5. The summed E-state index contributed by atoms with van der Waals surface area (Å²) in [6, 6.07) is 5.89. The Morgan fingerprint density at radius 3 is 2.07 bits per heavy atom. The SMILES string of the molecule is CS(=O)(=O)N1CCc2c(sc3ncnc(Cl)c23)C1.CS(=O)(=O)N1CCc2c(sc3ncnc(Nc4ccn5nccc5c4)c23)C1. The molecule has 0 fully saturated rings. The maximum absolute atomic E-state index is 11.9. The van der Waals surface area contributed by atoms with Crippen LogP contribution >= 0.6 is 34.3 Å². The van der Waals surface area contributed by atoms with Crippen LogP contribution in [-0.2, 0) is 46.0 Å². The van der Waals surface area contributed by atoms with Crippen LogP contribution in [0.3, 0.4) is 0 Å². The molecule has 8 heterocycles. The van der Waals surface area contributed by atoms with Crippen molar-refractivity contribution in [2.45, 2.75) is 25.9 Å². The molecular formula is C27H26ClN9O4S4. The van der Waals surface area contributed by atoms with Crippen molar-refractivity contribution in [2.24, 2.45) is 0 Å². The predicted molar refractivity (Wildman–Crippen MR) is 176 cm³/mol. The van der Waals surface area contributed by atoms with Crippen LogP contribution in [-0.4, -0.2) is 80.6 Å². The summed E-state index contributed by atoms with van der Waals surface area (Å²) >= 11 is 9.11. The van der Waals surface area contributed by atoms with E-state index in [4.69, 9.17) is 11.6 Å². The first-order chi connectivity index (χ1) is 21.5. The molecule has 8 rings (SSSR count). The third-order valence-corrected chi connectivity index (χ3v) is 12.8. The first kappa shape index (κ1) is 30.3. The maximum Gasteiger partial charge on any atom is 0.211 e. The molecule has 234 valence electrons. The molecule has 0 saturated carbocycles. The fourth-order valence-electron chi connectivity index (χ4n) is 5.57. The number of rotatable bonds is 4. The first-order valence-electron chi connectivity index (χ1n) is 13.7. The minimum absolute atomic E-state index is 0.399. The van der Waals surface area contributed by atoms with Crippen molar-refractivity contribution in [1.29, 1.82) is 0 Å². The number of pyridine rings is 1. The van der Waals surface area contributed by atoms with E-state index in [1.54, 1.807) is 10.7 Å². The predicted octanol–water partition coefficient (Wildman–Crippen LogP) is 4.06. The molecule has 0 atom stereocenters. The van der Waals surface area contributed by atoms with Gasteiger partial charge in [0.25, 0.3) is 0 Å². The van der Waals surface area contributed by atoms with Crippen molar-refractivity contribution >= 4 is 91.8 Å². The molecule has 2 aliphatic rings. The Labute approximate surface area is 271 Å². The van der Waals surface area contributed by atoms with Gasteiger partial charge in [-0.05, 0) is 42.2 Å². The van der Waals surface area contributed by atoms with Crippen LogP contribution < -0.4 is 5.32 Å². The van der Waals surface area contributed by atoms with E-state index < -0.39 is 20.0 Å². The minimum atomic E-state index is -3.20. The van der Waals surface area contributed by atoms with E-state index in [1.807, 2.05) is 24.4 Å². The number of thiophene rings is 2. The molecule has 18 heteroatoms. The molecule has 6 aromatic heterocycles. The lowest BCUT2D eigenvalue weighted by Gasteiger charge is -2.24. The van der Waals surface area contributed by atoms with Crippen molar-refractivity contribution in [2.75, 3.05) is 30.9 Å². The summed E-state index contributed by atoms with van der Waals surface area (Å²) in [7, 11) is -6.35. The van der Waals surface area contributed by atoms with Crippen LogP contribution in [0.1, 0.15) is 20.9 Å². The Morgan fingerprint density at radius 1 is 0.822 bits per heavy atom. The molecule has 13 nitrogen and oxygen atoms in total. The highest BCUT2D eigenvalue weighted by atomic mass is 35.5. The van der Waals surface area contributed by atoms with Gasteiger partial charge in [-0.2, -0.15) is 13.7 Å². The molecule has 2 aliphatic heterocycles. The second-order valence-corrected chi connectivity index (χ2v) is 17.2. The third kappa shape index (κ3) is 5.89. The molecule has 1 N–H and O–H groups in total. The quantitative estimate of drug-likeness (QED) is 0.266. The van der Waals surface area contributed by atoms with Gasteiger partial charge in [-0.3, -0.25) is 0 Å². The number of aromatic nitrogens is 6. The molecule has 0 aliphatic carbocycles. The van der Waals surface area contributed by atoms with E-state index in [-0.39, 0.29) is 0 Å². The summed E-state index contributed by atoms with van der Waals surface area (Å²) in [6.45, 7) is 1.78. The van der Waals surface area contributed by atoms with E-state index in [0.717, 1.165) is 58.3 Å². The Kier molecular flexibility index (Phi) is 7.74. The molecule has 0 bridgehead atoms. The van der Waals surface area contributed by atoms with Crippen LogP contribution in [0.4, 0.5) is 11.5 Å². The van der Waals surface area contributed by atoms with Crippen molar-refractivity contribution in [3.63, 3.8) is 0 Å². The van der Waals surface area contributed by atoms with Crippen LogP contribution in [0.15, 0.2) is 43.2 Å². The molecular weight excluding hydrogens is 678 g/mol. The summed E-state index contributed by atoms with van der Waals surface area (Å²) in [4.78, 5) is 20.8. The summed E-state index contributed by atoms with van der Waals surface area (Å²) in [5, 5.41) is 9.91. The van der Waals surface area contributed by atoms with Crippen LogP contribution in [0.25, 0.3) is 25.9 Å². The van der Waals surface area contributed by atoms with Gasteiger partial charge in [0.05, 0.1) is 28.8 Å². The number of nitrogens with zero attached hydrogens (tertiary/aromatic N) is 8. The zero-order valence-electron chi connectivity index (χ0n) is 24.0. The maximum atomic E-state index is 11.9. The van der Waals surface area contributed by atoms with Gasteiger partial charge in [-0.1, -0.05) is 11.6 Å². The molecule has 0 radical (unpaired) electrons. The first-order valence-corrected chi connectivity index (χ1v) is 19.4. The highest BCUT2D eigenvalue weighted by Gasteiger charge is 2.29. The number of nitrogens with one attached hydrogen (secondary N) is 1. The highest BCUT2D eigenvalue weighted by Crippen LogP contribution is 2.39. The van der Waals surface area contributed by atoms with Gasteiger partial charge < -0.3 is 5.32 Å². The zero-order valence-corrected chi connectivity index (χ0v) is 28.0. The summed E-state index contributed by atoms with van der Waals surface area (Å²) in [5.74, 6) is 0.745. The molecule has 0 unspecified atom stereocenters. The van der Waals surface area contributed by atoms with Gasteiger partial charge in [-0.15, -0.1) is 22.7 Å². The number of sulfonamides is 2. The second-order valence-electron chi connectivity index (χ2n) is 10.7. The number of fused-ring (bicyclic) bond motifs is 7. The topological polar surface area (TPSA) is 156 Å². The smallest absolute Gasteiger partial charge is 0.211 e. The Balaban J connectivity index is 0.000000157. The van der Waals surface area contributed by atoms with Gasteiger partial charge in [0.1, 0.15) is 33.3 Å². The van der Waals surface area contributed by atoms with Crippen molar-refractivity contribution in [1.82, 2.24) is 38.2 Å². The fourth-order valence-corrected chi connectivity index (χ4v) is 10.0. The average Bonchev–Trinajstić information content (AvgIpc) is 3.71. The standard InChI is InChI=1S/C17H16N6O2S2.C10H10ClN3O2S2/c1-27(24,25)22-6-4-13-14(9-22)26-17-15(13)16(18-10-19-17)21-11-3-7-23-12(8-11)2-5-20-23;1-18(15,16)14-3-2-6-7(4-14)17-10-8(6)9(11)12-5-13-10/h2-3,5,7-8,10H,4,6,9H2,1H3,(H,18,19,21);5H,2-4H2,1H3. The Morgan fingerprint density at radius 2 is 1.42 bits per heavy atom. The minimum Gasteiger partial charge on any atom is -0.339 e. The summed E-state index contributed by atoms with van der Waals surface area (Å²) in [5.41, 5.74) is 4.14. The van der Waals surface area contributed by atoms with Crippen molar-refractivity contribution in [3.8, 4) is 0 Å². The number of hydrogen-bond acceptors (Lipinski definition) is 12. The third-order valence-electron chi connectivity index (χ3n) is 7.76. The number of anilines is 2. The summed E-state index contributed by atoms with van der Waals surface area (Å²) < 4.78 is 51.7. The number of hydrogen-bond donors (Lipinski definition) is 1. The van der Waals surface area contributed by atoms with E-state index in [1.165, 1.54) is 56.5 Å². The normalized spacial score (nSPS) is 16.0. The summed E-state index contributed by atoms with van der Waals surface area (Å²) in [6.07, 6.45) is 10.4. The molecule has 45 heavy (non-hydrogen) atoms. The lowest BCUT2D eigenvalue weighted by atomic mass is 10.1. The number of halogens is 1. The van der Waals surface area contributed by atoms with E-state index in [9.17, 15) is 16.8 Å². The highest BCUT2D eigenvalue weighted by molar-refractivity contribution is 7.88. The van der Waals surface area contributed by atoms with Gasteiger partial charge >= 0.3 is 0 Å². The molecule has 0 saturated heterocycles. The largest absolute Gasteiger partial charge is 0.339 e. The van der Waals surface area contributed by atoms with Crippen molar-refractivity contribution < 1.29 is 16.8 Å². The molecule has 0 amide bonds. The van der Waals surface area contributed by atoms with Crippen LogP contribution in [0.5, 0.6) is 0 Å². The fraction of sp³-hybridized carbons (Fsp3) is 0.296. The van der Waals surface area contributed by atoms with E-state index in [2.05, 4.69) is 30.4 Å². The lowest BCUT2D eigenvalue weighted by molar-refractivity contribution is 0.400. The average molecular weight is 704 g/mol. The molecule has 0 spiro atoms. The van der Waals surface area contributed by atoms with Gasteiger partial charge in [0.15, 0.2) is 0 Å². The Bertz CT molecular complexity index is 2320. The van der Waals surface area contributed by atoms with Crippen molar-refractivity contribution in [3.05, 3.63) is 69.3 Å². The van der Waals surface area contributed by atoms with Gasteiger partial charge in [0.2, 0.25) is 20.0 Å². The van der Waals surface area contributed by atoms with E-state index >= 15 is 0 Å². The monoisotopic (exact) mass is 703 g/mol.